The summed E-state index contributed by atoms with van der Waals surface area (Å²) in [4.78, 5) is 0. The minimum atomic E-state index is 0.152. The maximum absolute atomic E-state index is 2.78. The first-order valence-electron chi connectivity index (χ1n) is 20.1. The van der Waals surface area contributed by atoms with Crippen LogP contribution in [-0.4, -0.2) is 4.57 Å². The molecule has 5 aliphatic carbocycles. The smallest absolute Gasteiger partial charge is 0.0541 e. The number of rotatable bonds is 4. The fourth-order valence-corrected chi connectivity index (χ4v) is 11.5. The Morgan fingerprint density at radius 3 is 1.98 bits per heavy atom. The van der Waals surface area contributed by atoms with E-state index in [4.69, 9.17) is 0 Å². The molecule has 1 fully saturated rings. The predicted molar refractivity (Wildman–Crippen MR) is 226 cm³/mol. The number of hydrogen-bond acceptors (Lipinski definition) is 0. The first-order valence-corrected chi connectivity index (χ1v) is 20.1. The van der Waals surface area contributed by atoms with E-state index in [-0.39, 0.29) is 5.41 Å². The van der Waals surface area contributed by atoms with Crippen LogP contribution in [0.15, 0.2) is 158 Å². The van der Waals surface area contributed by atoms with Crippen LogP contribution in [0.1, 0.15) is 48.9 Å². The molecule has 1 saturated carbocycles. The van der Waals surface area contributed by atoms with E-state index in [1.807, 2.05) is 0 Å². The van der Waals surface area contributed by atoms with Gasteiger partial charge in [0.15, 0.2) is 0 Å². The van der Waals surface area contributed by atoms with Gasteiger partial charge in [-0.3, -0.25) is 0 Å². The molecule has 1 heteroatoms. The van der Waals surface area contributed by atoms with Gasteiger partial charge in [0.05, 0.1) is 11.0 Å². The monoisotopic (exact) mass is 693 g/mol. The molecule has 5 aliphatic rings. The van der Waals surface area contributed by atoms with Gasteiger partial charge in [0.1, 0.15) is 0 Å². The summed E-state index contributed by atoms with van der Waals surface area (Å²) >= 11 is 0. The van der Waals surface area contributed by atoms with Crippen LogP contribution in [-0.2, 0) is 11.8 Å². The summed E-state index contributed by atoms with van der Waals surface area (Å²) in [7, 11) is 0. The lowest BCUT2D eigenvalue weighted by atomic mass is 9.73. The lowest BCUT2D eigenvalue weighted by molar-refractivity contribution is 0.354. The van der Waals surface area contributed by atoms with Crippen LogP contribution in [0.4, 0.5) is 0 Å². The van der Waals surface area contributed by atoms with E-state index in [1.54, 1.807) is 22.3 Å². The van der Waals surface area contributed by atoms with Gasteiger partial charge in [0.25, 0.3) is 0 Å². The predicted octanol–water partition coefficient (Wildman–Crippen LogP) is 13.4. The molecule has 5 unspecified atom stereocenters. The fraction of sp³-hybridized carbons (Fsp3) is 0.208. The summed E-state index contributed by atoms with van der Waals surface area (Å²) in [6, 6.07) is 49.9. The van der Waals surface area contributed by atoms with Gasteiger partial charge in [-0.1, -0.05) is 141 Å². The highest BCUT2D eigenvalue weighted by Crippen LogP contribution is 2.68. The van der Waals surface area contributed by atoms with Crippen molar-refractivity contribution in [1.82, 2.24) is 4.57 Å². The fourth-order valence-electron chi connectivity index (χ4n) is 11.5. The van der Waals surface area contributed by atoms with E-state index in [1.165, 1.54) is 72.9 Å². The van der Waals surface area contributed by atoms with Gasteiger partial charge >= 0.3 is 0 Å². The van der Waals surface area contributed by atoms with Crippen LogP contribution < -0.4 is 0 Å². The first-order chi connectivity index (χ1) is 26.5. The third-order valence-corrected chi connectivity index (χ3v) is 14.2. The molecule has 5 atom stereocenters. The molecule has 0 spiro atoms. The molecule has 260 valence electrons. The third kappa shape index (κ3) is 4.33. The van der Waals surface area contributed by atoms with Gasteiger partial charge in [-0.25, -0.2) is 0 Å². The Labute approximate surface area is 318 Å². The molecule has 1 aromatic heterocycles. The standard InChI is InChI=1S/C53H43N/c1-53(2)46-23-20-38-26-36-16-9-10-19-40(36)51(38)52(46)45-30-43-44(31-47(45)53)50(43)37-17-11-18-39(27-37)54-48-24-21-34(32-12-5-3-6-13-32)28-41(48)42-29-35(22-25-49(42)54)33-14-7-4-8-15-33/h3-16,18-25,27-30,37,43-44,47,50H,17,26,31H2,1-2H3. The van der Waals surface area contributed by atoms with E-state index in [0.29, 0.717) is 23.7 Å². The molecule has 0 saturated heterocycles. The molecule has 6 aromatic carbocycles. The summed E-state index contributed by atoms with van der Waals surface area (Å²) in [6.45, 7) is 5.05. The number of hydrogen-bond donors (Lipinski definition) is 0. The van der Waals surface area contributed by atoms with Crippen molar-refractivity contribution in [2.45, 2.75) is 38.5 Å². The Morgan fingerprint density at radius 1 is 0.611 bits per heavy atom. The maximum atomic E-state index is 2.78. The van der Waals surface area contributed by atoms with Gasteiger partial charge in [0, 0.05) is 16.5 Å². The van der Waals surface area contributed by atoms with E-state index in [0.717, 1.165) is 18.8 Å². The summed E-state index contributed by atoms with van der Waals surface area (Å²) in [5.41, 5.74) is 19.9. The van der Waals surface area contributed by atoms with Crippen molar-refractivity contribution in [3.8, 4) is 33.4 Å². The number of allylic oxidation sites excluding steroid dienone is 6. The topological polar surface area (TPSA) is 4.93 Å². The quantitative estimate of drug-likeness (QED) is 0.173. The van der Waals surface area contributed by atoms with E-state index < -0.39 is 0 Å². The van der Waals surface area contributed by atoms with Crippen molar-refractivity contribution >= 4 is 33.1 Å². The molecular formula is C53H43N. The second-order valence-electron chi connectivity index (χ2n) is 17.2. The summed E-state index contributed by atoms with van der Waals surface area (Å²) in [5, 5.41) is 2.63. The number of aromatic nitrogens is 1. The molecule has 0 amide bonds. The highest BCUT2D eigenvalue weighted by Gasteiger charge is 2.59. The molecule has 0 radical (unpaired) electrons. The molecule has 1 nitrogen and oxygen atoms in total. The molecule has 7 aromatic rings. The van der Waals surface area contributed by atoms with Crippen LogP contribution in [0.2, 0.25) is 0 Å². The van der Waals surface area contributed by atoms with Crippen LogP contribution in [0.25, 0.3) is 66.5 Å². The second-order valence-corrected chi connectivity index (χ2v) is 17.2. The Morgan fingerprint density at radius 2 is 1.28 bits per heavy atom. The van der Waals surface area contributed by atoms with Crippen molar-refractivity contribution in [2.75, 3.05) is 0 Å². The summed E-state index contributed by atoms with van der Waals surface area (Å²) < 4.78 is 2.55. The second kappa shape index (κ2) is 11.2. The minimum absolute atomic E-state index is 0.152. The molecule has 12 rings (SSSR count). The molecule has 0 aliphatic heterocycles. The molecule has 0 N–H and O–H groups in total. The van der Waals surface area contributed by atoms with Gasteiger partial charge in [0.2, 0.25) is 0 Å². The Balaban J connectivity index is 0.950. The van der Waals surface area contributed by atoms with E-state index >= 15 is 0 Å². The minimum Gasteiger partial charge on any atom is -0.310 e. The normalized spacial score (nSPS) is 24.0. The van der Waals surface area contributed by atoms with Crippen LogP contribution in [0.5, 0.6) is 0 Å². The molecular weight excluding hydrogens is 651 g/mol. The first kappa shape index (κ1) is 30.8. The zero-order chi connectivity index (χ0) is 35.7. The van der Waals surface area contributed by atoms with Crippen molar-refractivity contribution in [3.63, 3.8) is 0 Å². The average molecular weight is 694 g/mol. The van der Waals surface area contributed by atoms with Crippen LogP contribution in [0.3, 0.4) is 0 Å². The lowest BCUT2D eigenvalue weighted by Gasteiger charge is -2.30. The SMILES string of the molecule is CC1(C)c2ccc3c(c2C2=CC4C(CC21)C4C1C=C(n2c4ccc(-c5ccccc5)cc4c4cc(-c5ccccc5)ccc42)C=CC1)-c1ccccc1C3. The molecule has 54 heavy (non-hydrogen) atoms. The van der Waals surface area contributed by atoms with Crippen molar-refractivity contribution in [2.24, 2.45) is 29.6 Å². The third-order valence-electron chi connectivity index (χ3n) is 14.2. The Kier molecular flexibility index (Phi) is 6.37. The van der Waals surface area contributed by atoms with Crippen molar-refractivity contribution in [1.29, 1.82) is 0 Å². The van der Waals surface area contributed by atoms with Crippen molar-refractivity contribution in [3.05, 3.63) is 180 Å². The number of nitrogens with zero attached hydrogens (tertiary/aromatic N) is 1. The molecule has 1 heterocycles. The van der Waals surface area contributed by atoms with E-state index in [2.05, 4.69) is 176 Å². The molecule has 0 bridgehead atoms. The zero-order valence-electron chi connectivity index (χ0n) is 31.0. The summed E-state index contributed by atoms with van der Waals surface area (Å²) in [5.74, 6) is 3.27. The van der Waals surface area contributed by atoms with Crippen molar-refractivity contribution < 1.29 is 0 Å². The van der Waals surface area contributed by atoms with Gasteiger partial charge in [-0.2, -0.15) is 0 Å². The van der Waals surface area contributed by atoms with Gasteiger partial charge in [-0.05, 0) is 146 Å². The zero-order valence-corrected chi connectivity index (χ0v) is 31.0. The summed E-state index contributed by atoms with van der Waals surface area (Å²) in [6.07, 6.45) is 13.8. The average Bonchev–Trinajstić information content (AvgIpc) is 3.54. The number of fused-ring (bicyclic) bond motifs is 11. The largest absolute Gasteiger partial charge is 0.310 e. The van der Waals surface area contributed by atoms with Crippen LogP contribution in [0, 0.1) is 29.6 Å². The van der Waals surface area contributed by atoms with Gasteiger partial charge < -0.3 is 4.57 Å². The Bertz CT molecular complexity index is 2690. The van der Waals surface area contributed by atoms with E-state index in [9.17, 15) is 0 Å². The maximum Gasteiger partial charge on any atom is 0.0541 e. The lowest BCUT2D eigenvalue weighted by Crippen LogP contribution is -2.25. The van der Waals surface area contributed by atoms with Crippen LogP contribution >= 0.6 is 0 Å². The highest BCUT2D eigenvalue weighted by molar-refractivity contribution is 6.12. The number of benzene rings is 6. The van der Waals surface area contributed by atoms with Gasteiger partial charge in [-0.15, -0.1) is 0 Å². The highest BCUT2D eigenvalue weighted by atomic mass is 15.0. The Hall–Kier alpha value is -5.66.